The zero-order valence-corrected chi connectivity index (χ0v) is 13.9. The van der Waals surface area contributed by atoms with E-state index < -0.39 is 26.7 Å². The molecule has 21 heavy (non-hydrogen) atoms. The molecule has 2 unspecified atom stereocenters. The largest absolute Gasteiger partial charge is 0.372 e. The Kier molecular flexibility index (Phi) is 5.76. The summed E-state index contributed by atoms with van der Waals surface area (Å²) in [6.45, 7) is -0.103. The molecule has 1 N–H and O–H groups in total. The summed E-state index contributed by atoms with van der Waals surface area (Å²) in [4.78, 5) is 0. The van der Waals surface area contributed by atoms with E-state index in [4.69, 9.17) is 39.5 Å². The van der Waals surface area contributed by atoms with Crippen molar-refractivity contribution < 1.29 is 17.3 Å². The van der Waals surface area contributed by atoms with Crippen molar-refractivity contribution >= 4 is 45.1 Å². The van der Waals surface area contributed by atoms with Crippen molar-refractivity contribution in [1.29, 1.82) is 0 Å². The Morgan fingerprint density at radius 1 is 1.29 bits per heavy atom. The second kappa shape index (κ2) is 7.00. The van der Waals surface area contributed by atoms with Gasteiger partial charge in [0, 0.05) is 6.61 Å². The minimum atomic E-state index is -4.02. The molecule has 1 fully saturated rings. The van der Waals surface area contributed by atoms with Crippen LogP contribution in [-0.2, 0) is 19.2 Å². The van der Waals surface area contributed by atoms with E-state index in [1.165, 1.54) is 0 Å². The number of ether oxygens (including phenoxy) is 1. The van der Waals surface area contributed by atoms with Gasteiger partial charge in [0.15, 0.2) is 0 Å². The maximum Gasteiger partial charge on any atom is 0.336 e. The highest BCUT2D eigenvalue weighted by atomic mass is 35.6. The molecule has 118 valence electrons. The molecule has 0 saturated carbocycles. The van der Waals surface area contributed by atoms with Crippen LogP contribution in [-0.4, -0.2) is 31.5 Å². The third-order valence-electron chi connectivity index (χ3n) is 2.89. The topological polar surface area (TPSA) is 64.6 Å². The molecule has 2 rings (SSSR count). The van der Waals surface area contributed by atoms with E-state index >= 15 is 0 Å². The fourth-order valence-corrected chi connectivity index (χ4v) is 3.42. The van der Waals surface area contributed by atoms with Crippen LogP contribution >= 0.6 is 34.8 Å². The van der Waals surface area contributed by atoms with Gasteiger partial charge in [0.05, 0.1) is 12.1 Å². The first-order chi connectivity index (χ1) is 9.77. The number of rotatable bonds is 5. The van der Waals surface area contributed by atoms with Crippen LogP contribution in [0.25, 0.3) is 0 Å². The molecule has 5 nitrogen and oxygen atoms in total. The first kappa shape index (κ1) is 17.3. The summed E-state index contributed by atoms with van der Waals surface area (Å²) in [5.41, 5.74) is 0.893. The lowest BCUT2D eigenvalue weighted by molar-refractivity contribution is 0.102. The number of hydrogen-bond donors (Lipinski definition) is 1. The van der Waals surface area contributed by atoms with Gasteiger partial charge in [0.1, 0.15) is 6.61 Å². The Morgan fingerprint density at radius 3 is 2.57 bits per heavy atom. The van der Waals surface area contributed by atoms with Crippen molar-refractivity contribution in [3.05, 3.63) is 35.9 Å². The highest BCUT2D eigenvalue weighted by Crippen LogP contribution is 2.30. The summed E-state index contributed by atoms with van der Waals surface area (Å²) >= 11 is 16.4. The van der Waals surface area contributed by atoms with E-state index in [1.54, 1.807) is 0 Å². The summed E-state index contributed by atoms with van der Waals surface area (Å²) in [6, 6.07) is 8.93. The Morgan fingerprint density at radius 2 is 1.95 bits per heavy atom. The smallest absolute Gasteiger partial charge is 0.336 e. The van der Waals surface area contributed by atoms with E-state index in [-0.39, 0.29) is 6.10 Å². The van der Waals surface area contributed by atoms with Crippen LogP contribution in [0.2, 0.25) is 0 Å². The minimum absolute atomic E-state index is 0.364. The molecular formula is C12H14Cl3NO4S. The van der Waals surface area contributed by atoms with E-state index in [1.807, 2.05) is 30.3 Å². The number of nitrogens with one attached hydrogen (secondary N) is 1. The molecule has 1 aromatic rings. The Labute approximate surface area is 138 Å². The SMILES string of the molecule is O=S(=O)(NC1CCOC1c1ccccc1)OCC(Cl)(Cl)Cl. The van der Waals surface area contributed by atoms with Crippen molar-refractivity contribution in [3.63, 3.8) is 0 Å². The molecule has 1 aliphatic heterocycles. The van der Waals surface area contributed by atoms with Crippen LogP contribution in [0.15, 0.2) is 30.3 Å². The number of halogens is 3. The highest BCUT2D eigenvalue weighted by molar-refractivity contribution is 7.84. The maximum absolute atomic E-state index is 11.8. The zero-order valence-electron chi connectivity index (χ0n) is 10.8. The summed E-state index contributed by atoms with van der Waals surface area (Å²) in [5, 5.41) is 0. The van der Waals surface area contributed by atoms with Crippen LogP contribution in [0.3, 0.4) is 0 Å². The van der Waals surface area contributed by atoms with Crippen LogP contribution in [0, 0.1) is 0 Å². The lowest BCUT2D eigenvalue weighted by Crippen LogP contribution is -2.38. The van der Waals surface area contributed by atoms with E-state index in [9.17, 15) is 8.42 Å². The first-order valence-electron chi connectivity index (χ1n) is 6.17. The number of hydrogen-bond acceptors (Lipinski definition) is 4. The van der Waals surface area contributed by atoms with Gasteiger partial charge in [0.25, 0.3) is 0 Å². The van der Waals surface area contributed by atoms with Crippen molar-refractivity contribution in [3.8, 4) is 0 Å². The van der Waals surface area contributed by atoms with E-state index in [2.05, 4.69) is 8.91 Å². The van der Waals surface area contributed by atoms with Gasteiger partial charge in [-0.1, -0.05) is 65.1 Å². The lowest BCUT2D eigenvalue weighted by Gasteiger charge is -2.20. The van der Waals surface area contributed by atoms with Crippen LogP contribution in [0.5, 0.6) is 0 Å². The van der Waals surface area contributed by atoms with Gasteiger partial charge < -0.3 is 4.74 Å². The molecule has 1 aliphatic rings. The first-order valence-corrected chi connectivity index (χ1v) is 8.71. The second-order valence-corrected chi connectivity index (χ2v) is 8.44. The molecule has 0 bridgehead atoms. The van der Waals surface area contributed by atoms with Crippen molar-refractivity contribution in [1.82, 2.24) is 4.72 Å². The van der Waals surface area contributed by atoms with Crippen LogP contribution < -0.4 is 4.72 Å². The van der Waals surface area contributed by atoms with Gasteiger partial charge in [0.2, 0.25) is 3.79 Å². The van der Waals surface area contributed by atoms with Crippen molar-refractivity contribution in [2.75, 3.05) is 13.2 Å². The predicted octanol–water partition coefficient (Wildman–Crippen LogP) is 2.74. The fourth-order valence-electron chi connectivity index (χ4n) is 2.05. The summed E-state index contributed by atoms with van der Waals surface area (Å²) in [6.07, 6.45) is 0.174. The molecule has 1 heterocycles. The third-order valence-corrected chi connectivity index (χ3v) is 4.24. The van der Waals surface area contributed by atoms with Gasteiger partial charge in [-0.25, -0.2) is 0 Å². The Hall–Kier alpha value is -0.0800. The quantitative estimate of drug-likeness (QED) is 0.805. The van der Waals surface area contributed by atoms with Gasteiger partial charge in [-0.15, -0.1) is 0 Å². The van der Waals surface area contributed by atoms with E-state index in [0.29, 0.717) is 13.0 Å². The lowest BCUT2D eigenvalue weighted by atomic mass is 10.0. The molecular weight excluding hydrogens is 361 g/mol. The fraction of sp³-hybridized carbons (Fsp3) is 0.500. The number of alkyl halides is 3. The van der Waals surface area contributed by atoms with E-state index in [0.717, 1.165) is 5.56 Å². The van der Waals surface area contributed by atoms with Gasteiger partial charge in [-0.3, -0.25) is 4.18 Å². The van der Waals surface area contributed by atoms with Gasteiger partial charge >= 0.3 is 10.3 Å². The molecule has 1 saturated heterocycles. The van der Waals surface area contributed by atoms with Crippen LogP contribution in [0.1, 0.15) is 18.1 Å². The summed E-state index contributed by atoms with van der Waals surface area (Å²) in [5.74, 6) is 0. The maximum atomic E-state index is 11.8. The molecule has 0 aromatic heterocycles. The van der Waals surface area contributed by atoms with Crippen LogP contribution in [0.4, 0.5) is 0 Å². The predicted molar refractivity (Wildman–Crippen MR) is 81.8 cm³/mol. The normalized spacial score (nSPS) is 23.4. The molecule has 2 atom stereocenters. The molecule has 0 aliphatic carbocycles. The Balaban J connectivity index is 2.01. The zero-order chi connectivity index (χ0) is 15.5. The summed E-state index contributed by atoms with van der Waals surface area (Å²) in [7, 11) is -4.02. The van der Waals surface area contributed by atoms with Crippen molar-refractivity contribution in [2.45, 2.75) is 22.4 Å². The minimum Gasteiger partial charge on any atom is -0.372 e. The number of benzene rings is 1. The third kappa shape index (κ3) is 5.56. The average molecular weight is 375 g/mol. The summed E-state index contributed by atoms with van der Waals surface area (Å²) < 4.78 is 34.6. The highest BCUT2D eigenvalue weighted by Gasteiger charge is 2.34. The molecule has 9 heteroatoms. The molecule has 1 aromatic carbocycles. The Bertz CT molecular complexity index is 562. The molecule has 0 radical (unpaired) electrons. The van der Waals surface area contributed by atoms with Gasteiger partial charge in [-0.2, -0.15) is 13.1 Å². The second-order valence-electron chi connectivity index (χ2n) is 4.55. The van der Waals surface area contributed by atoms with Crippen molar-refractivity contribution in [2.24, 2.45) is 0 Å². The molecule has 0 spiro atoms. The van der Waals surface area contributed by atoms with Gasteiger partial charge in [-0.05, 0) is 12.0 Å². The monoisotopic (exact) mass is 373 g/mol. The average Bonchev–Trinajstić information content (AvgIpc) is 2.84. The standard InChI is InChI=1S/C12H14Cl3NO4S/c13-12(14,15)8-20-21(17,18)16-10-6-7-19-11(10)9-4-2-1-3-5-9/h1-5,10-11,16H,6-8H2. The molecule has 0 amide bonds.